The highest BCUT2D eigenvalue weighted by Crippen LogP contribution is 2.46. The summed E-state index contributed by atoms with van der Waals surface area (Å²) in [6.07, 6.45) is 1.64. The van der Waals surface area contributed by atoms with Crippen LogP contribution in [0.15, 0.2) is 94.6 Å². The van der Waals surface area contributed by atoms with E-state index in [2.05, 4.69) is 16.9 Å². The van der Waals surface area contributed by atoms with E-state index in [1.807, 2.05) is 65.8 Å². The minimum absolute atomic E-state index is 0.0820. The molecule has 2 atom stereocenters. The van der Waals surface area contributed by atoms with Crippen LogP contribution in [-0.2, 0) is 14.3 Å². The molecule has 180 valence electrons. The Hall–Kier alpha value is -3.29. The van der Waals surface area contributed by atoms with Gasteiger partial charge in [-0.25, -0.2) is 9.79 Å². The molecule has 2 aromatic carbocycles. The summed E-state index contributed by atoms with van der Waals surface area (Å²) < 4.78 is 5.40. The molecule has 0 unspecified atom stereocenters. The molecule has 0 saturated heterocycles. The molecule has 2 heterocycles. The Labute approximate surface area is 214 Å². The van der Waals surface area contributed by atoms with Gasteiger partial charge >= 0.3 is 5.97 Å². The fourth-order valence-electron chi connectivity index (χ4n) is 4.12. The molecule has 0 spiro atoms. The van der Waals surface area contributed by atoms with Gasteiger partial charge in [0.1, 0.15) is 6.61 Å². The van der Waals surface area contributed by atoms with Crippen molar-refractivity contribution in [3.63, 3.8) is 0 Å². The van der Waals surface area contributed by atoms with Crippen LogP contribution < -0.4 is 5.32 Å². The number of hydrogen-bond acceptors (Lipinski definition) is 6. The molecule has 2 aliphatic heterocycles. The van der Waals surface area contributed by atoms with E-state index in [0.29, 0.717) is 21.5 Å². The van der Waals surface area contributed by atoms with E-state index in [9.17, 15) is 9.59 Å². The molecular formula is C27H26ClN3O3S. The second kappa shape index (κ2) is 11.0. The first-order chi connectivity index (χ1) is 16.9. The van der Waals surface area contributed by atoms with Crippen molar-refractivity contribution in [3.8, 4) is 0 Å². The number of amides is 1. The molecule has 1 amide bonds. The quantitative estimate of drug-likeness (QED) is 0.355. The molecule has 0 aromatic heterocycles. The smallest absolute Gasteiger partial charge is 0.338 e. The monoisotopic (exact) mass is 507 g/mol. The summed E-state index contributed by atoms with van der Waals surface area (Å²) in [6, 6.07) is 16.4. The maximum Gasteiger partial charge on any atom is 0.338 e. The van der Waals surface area contributed by atoms with Crippen LogP contribution in [0.5, 0.6) is 0 Å². The average Bonchev–Trinajstić information content (AvgIpc) is 3.24. The lowest BCUT2D eigenvalue weighted by atomic mass is 9.93. The van der Waals surface area contributed by atoms with E-state index in [-0.39, 0.29) is 25.0 Å². The van der Waals surface area contributed by atoms with Crippen LogP contribution in [-0.4, -0.2) is 28.6 Å². The molecule has 35 heavy (non-hydrogen) atoms. The van der Waals surface area contributed by atoms with Gasteiger partial charge in [0.2, 0.25) is 5.91 Å². The predicted octanol–water partition coefficient (Wildman–Crippen LogP) is 5.91. The standard InChI is InChI=1S/C27H26ClN3O3S/c1-4-14-34-26(33)24-18(3)30-27-31(25(24)21-12-8-9-13-22(21)28)20(16-35-27)15-23(32)29-17(2)19-10-6-5-7-11-19/h4-13,16-17,25H,1,14-15H2,2-3H3,(H,29,32)/t17-,25+/m0/s1. The number of halogens is 1. The van der Waals surface area contributed by atoms with E-state index in [1.165, 1.54) is 17.8 Å². The molecule has 1 N–H and O–H groups in total. The number of esters is 1. The minimum atomic E-state index is -0.575. The van der Waals surface area contributed by atoms with Gasteiger partial charge in [0.05, 0.1) is 29.8 Å². The van der Waals surface area contributed by atoms with Crippen molar-refractivity contribution in [1.29, 1.82) is 0 Å². The van der Waals surface area contributed by atoms with Crippen LogP contribution in [0, 0.1) is 0 Å². The van der Waals surface area contributed by atoms with Crippen molar-refractivity contribution < 1.29 is 14.3 Å². The van der Waals surface area contributed by atoms with E-state index < -0.39 is 12.0 Å². The maximum atomic E-state index is 13.1. The number of ether oxygens (including phenoxy) is 1. The third kappa shape index (κ3) is 5.36. The lowest BCUT2D eigenvalue weighted by molar-refractivity contribution is -0.138. The Bertz CT molecular complexity index is 1240. The number of allylic oxidation sites excluding steroid dienone is 1. The summed E-state index contributed by atoms with van der Waals surface area (Å²) >= 11 is 8.02. The molecule has 2 aliphatic rings. The predicted molar refractivity (Wildman–Crippen MR) is 141 cm³/mol. The van der Waals surface area contributed by atoms with Crippen LogP contribution in [0.2, 0.25) is 5.02 Å². The molecule has 0 saturated carbocycles. The number of nitrogens with one attached hydrogen (secondary N) is 1. The van der Waals surface area contributed by atoms with Crippen LogP contribution >= 0.6 is 23.4 Å². The number of amidine groups is 1. The summed E-state index contributed by atoms with van der Waals surface area (Å²) in [5.41, 5.74) is 3.43. The van der Waals surface area contributed by atoms with Crippen molar-refractivity contribution in [2.75, 3.05) is 6.61 Å². The first-order valence-corrected chi connectivity index (χ1v) is 12.5. The summed E-state index contributed by atoms with van der Waals surface area (Å²) in [5, 5.41) is 6.16. The van der Waals surface area contributed by atoms with E-state index in [1.54, 1.807) is 13.0 Å². The van der Waals surface area contributed by atoms with Gasteiger partial charge in [-0.3, -0.25) is 4.79 Å². The van der Waals surface area contributed by atoms with Crippen molar-refractivity contribution >= 4 is 40.4 Å². The van der Waals surface area contributed by atoms with Gasteiger partial charge in [0, 0.05) is 10.7 Å². The van der Waals surface area contributed by atoms with Gasteiger partial charge in [-0.15, -0.1) is 0 Å². The highest BCUT2D eigenvalue weighted by molar-refractivity contribution is 8.16. The zero-order valence-electron chi connectivity index (χ0n) is 19.5. The number of benzene rings is 2. The Balaban J connectivity index is 1.64. The summed E-state index contributed by atoms with van der Waals surface area (Å²) in [7, 11) is 0. The molecule has 4 rings (SSSR count). The van der Waals surface area contributed by atoms with Crippen LogP contribution in [0.3, 0.4) is 0 Å². The maximum absolute atomic E-state index is 13.1. The first kappa shape index (κ1) is 24.8. The third-order valence-electron chi connectivity index (χ3n) is 5.77. The average molecular weight is 508 g/mol. The van der Waals surface area contributed by atoms with Gasteiger partial charge in [0.15, 0.2) is 5.17 Å². The summed E-state index contributed by atoms with van der Waals surface area (Å²) in [4.78, 5) is 32.7. The van der Waals surface area contributed by atoms with Crippen molar-refractivity contribution in [3.05, 3.63) is 106 Å². The largest absolute Gasteiger partial charge is 0.458 e. The number of rotatable bonds is 8. The lowest BCUT2D eigenvalue weighted by Gasteiger charge is -2.36. The number of thioether (sulfide) groups is 1. The molecule has 2 aromatic rings. The fraction of sp³-hybridized carbons (Fsp3) is 0.222. The van der Waals surface area contributed by atoms with Crippen LogP contribution in [0.1, 0.15) is 43.5 Å². The number of hydrogen-bond donors (Lipinski definition) is 1. The molecule has 0 bridgehead atoms. The van der Waals surface area contributed by atoms with Gasteiger partial charge in [-0.05, 0) is 36.4 Å². The molecule has 8 heteroatoms. The van der Waals surface area contributed by atoms with E-state index in [0.717, 1.165) is 16.8 Å². The zero-order chi connectivity index (χ0) is 24.9. The Kier molecular flexibility index (Phi) is 7.78. The Morgan fingerprint density at radius 1 is 1.23 bits per heavy atom. The van der Waals surface area contributed by atoms with Gasteiger partial charge < -0.3 is 15.0 Å². The highest BCUT2D eigenvalue weighted by Gasteiger charge is 2.41. The molecule has 0 fully saturated rings. The third-order valence-corrected chi connectivity index (χ3v) is 7.00. The van der Waals surface area contributed by atoms with Gasteiger partial charge in [-0.1, -0.05) is 84.5 Å². The van der Waals surface area contributed by atoms with Crippen molar-refractivity contribution in [2.24, 2.45) is 4.99 Å². The highest BCUT2D eigenvalue weighted by atomic mass is 35.5. The molecular weight excluding hydrogens is 482 g/mol. The second-order valence-corrected chi connectivity index (χ2v) is 9.42. The Morgan fingerprint density at radius 3 is 2.66 bits per heavy atom. The summed E-state index contributed by atoms with van der Waals surface area (Å²) in [6.45, 7) is 7.44. The number of fused-ring (bicyclic) bond motifs is 1. The van der Waals surface area contributed by atoms with E-state index >= 15 is 0 Å². The second-order valence-electron chi connectivity index (χ2n) is 8.18. The normalized spacial score (nSPS) is 17.8. The fourth-order valence-corrected chi connectivity index (χ4v) is 5.32. The number of nitrogens with zero attached hydrogens (tertiary/aromatic N) is 2. The van der Waals surface area contributed by atoms with Crippen molar-refractivity contribution in [2.45, 2.75) is 32.4 Å². The van der Waals surface area contributed by atoms with Crippen molar-refractivity contribution in [1.82, 2.24) is 10.2 Å². The molecule has 0 aliphatic carbocycles. The lowest BCUT2D eigenvalue weighted by Crippen LogP contribution is -2.38. The topological polar surface area (TPSA) is 71.0 Å². The SMILES string of the molecule is C=CCOC(=O)C1=C(C)N=C2SC=C(CC(=O)N[C@@H](C)c3ccccc3)N2[C@@H]1c1ccccc1Cl. The Morgan fingerprint density at radius 2 is 1.94 bits per heavy atom. The number of carbonyl (C=O) groups is 2. The number of aliphatic imine (C=N–C) groups is 1. The van der Waals surface area contributed by atoms with Crippen LogP contribution in [0.4, 0.5) is 0 Å². The van der Waals surface area contributed by atoms with Gasteiger partial charge in [0.25, 0.3) is 0 Å². The van der Waals surface area contributed by atoms with Gasteiger partial charge in [-0.2, -0.15) is 0 Å². The summed E-state index contributed by atoms with van der Waals surface area (Å²) in [5.74, 6) is -0.622. The first-order valence-electron chi connectivity index (χ1n) is 11.2. The minimum Gasteiger partial charge on any atom is -0.458 e. The molecule has 6 nitrogen and oxygen atoms in total. The van der Waals surface area contributed by atoms with E-state index in [4.69, 9.17) is 16.3 Å². The van der Waals surface area contributed by atoms with Crippen LogP contribution in [0.25, 0.3) is 0 Å². The zero-order valence-corrected chi connectivity index (χ0v) is 21.1. The number of carbonyl (C=O) groups excluding carboxylic acids is 2. The molecule has 0 radical (unpaired) electrons.